The van der Waals surface area contributed by atoms with E-state index in [9.17, 15) is 19.5 Å². The molecule has 0 atom stereocenters. The maximum atomic E-state index is 12.7. The number of halogens is 1. The first-order chi connectivity index (χ1) is 18.4. The standard InChI is InChI=1S/C30H23ClN2O5/c31-25-8-4-1-5-21(25)15-28(34)32-22-13-14-26-27(16-22)38-18-29(35)33(26)17-19-9-11-20(12-10-19)23-6-2-3-7-24(23)30(36)37/h1-14,16H,15,17-18H2,(H,32,34)(H,36,37). The highest BCUT2D eigenvalue weighted by molar-refractivity contribution is 6.31. The Balaban J connectivity index is 1.31. The quantitative estimate of drug-likeness (QED) is 0.317. The summed E-state index contributed by atoms with van der Waals surface area (Å²) in [7, 11) is 0. The average Bonchev–Trinajstić information content (AvgIpc) is 2.92. The van der Waals surface area contributed by atoms with Gasteiger partial charge in [-0.2, -0.15) is 0 Å². The van der Waals surface area contributed by atoms with Gasteiger partial charge in [0.1, 0.15) is 5.75 Å². The highest BCUT2D eigenvalue weighted by atomic mass is 35.5. The van der Waals surface area contributed by atoms with Crippen LogP contribution in [0.4, 0.5) is 11.4 Å². The summed E-state index contributed by atoms with van der Waals surface area (Å²) in [6, 6.07) is 26.6. The van der Waals surface area contributed by atoms with Gasteiger partial charge in [0, 0.05) is 16.8 Å². The number of hydrogen-bond acceptors (Lipinski definition) is 4. The minimum absolute atomic E-state index is 0.117. The molecule has 1 heterocycles. The third-order valence-corrected chi connectivity index (χ3v) is 6.63. The van der Waals surface area contributed by atoms with E-state index in [-0.39, 0.29) is 30.4 Å². The molecule has 5 rings (SSSR count). The first-order valence-corrected chi connectivity index (χ1v) is 12.3. The zero-order chi connectivity index (χ0) is 26.6. The molecule has 4 aromatic carbocycles. The van der Waals surface area contributed by atoms with Crippen molar-refractivity contribution in [2.24, 2.45) is 0 Å². The number of amides is 2. The van der Waals surface area contributed by atoms with Gasteiger partial charge in [-0.1, -0.05) is 72.3 Å². The number of carboxylic acids is 1. The topological polar surface area (TPSA) is 95.9 Å². The monoisotopic (exact) mass is 526 g/mol. The van der Waals surface area contributed by atoms with Crippen molar-refractivity contribution >= 4 is 40.8 Å². The van der Waals surface area contributed by atoms with E-state index < -0.39 is 5.97 Å². The molecule has 1 aliphatic heterocycles. The molecule has 7 nitrogen and oxygen atoms in total. The number of hydrogen-bond donors (Lipinski definition) is 2. The molecule has 0 saturated heterocycles. The van der Waals surface area contributed by atoms with E-state index in [1.54, 1.807) is 59.5 Å². The second-order valence-corrected chi connectivity index (χ2v) is 9.22. The van der Waals surface area contributed by atoms with E-state index >= 15 is 0 Å². The molecule has 0 saturated carbocycles. The molecule has 4 aromatic rings. The molecule has 2 N–H and O–H groups in total. The molecule has 8 heteroatoms. The zero-order valence-corrected chi connectivity index (χ0v) is 20.9. The summed E-state index contributed by atoms with van der Waals surface area (Å²) >= 11 is 6.16. The van der Waals surface area contributed by atoms with E-state index in [1.165, 1.54) is 0 Å². The van der Waals surface area contributed by atoms with Crippen LogP contribution in [0.15, 0.2) is 91.0 Å². The van der Waals surface area contributed by atoms with Gasteiger partial charge in [-0.05, 0) is 46.5 Å². The molecule has 0 spiro atoms. The van der Waals surface area contributed by atoms with Gasteiger partial charge in [0.2, 0.25) is 5.91 Å². The second kappa shape index (κ2) is 10.8. The highest BCUT2D eigenvalue weighted by Gasteiger charge is 2.26. The Kier molecular flexibility index (Phi) is 7.11. The van der Waals surface area contributed by atoms with E-state index in [0.29, 0.717) is 34.3 Å². The molecule has 190 valence electrons. The van der Waals surface area contributed by atoms with Crippen molar-refractivity contribution < 1.29 is 24.2 Å². The van der Waals surface area contributed by atoms with Crippen molar-refractivity contribution in [3.05, 3.63) is 113 Å². The van der Waals surface area contributed by atoms with E-state index in [4.69, 9.17) is 16.3 Å². The molecule has 0 bridgehead atoms. The minimum Gasteiger partial charge on any atom is -0.481 e. The van der Waals surface area contributed by atoms with Crippen LogP contribution in [0.3, 0.4) is 0 Å². The fourth-order valence-corrected chi connectivity index (χ4v) is 4.57. The van der Waals surface area contributed by atoms with Gasteiger partial charge in [-0.3, -0.25) is 9.59 Å². The maximum Gasteiger partial charge on any atom is 0.336 e. The van der Waals surface area contributed by atoms with Crippen LogP contribution in [0.25, 0.3) is 11.1 Å². The Hall–Kier alpha value is -4.62. The molecule has 0 radical (unpaired) electrons. The molecule has 0 aliphatic carbocycles. The third kappa shape index (κ3) is 5.38. The maximum absolute atomic E-state index is 12.7. The van der Waals surface area contributed by atoms with E-state index in [0.717, 1.165) is 16.7 Å². The van der Waals surface area contributed by atoms with Gasteiger partial charge in [0.15, 0.2) is 6.61 Å². The van der Waals surface area contributed by atoms with Crippen molar-refractivity contribution in [1.82, 2.24) is 0 Å². The van der Waals surface area contributed by atoms with Crippen molar-refractivity contribution in [3.63, 3.8) is 0 Å². The van der Waals surface area contributed by atoms with Crippen molar-refractivity contribution in [1.29, 1.82) is 0 Å². The smallest absolute Gasteiger partial charge is 0.336 e. The van der Waals surface area contributed by atoms with Crippen molar-refractivity contribution in [3.8, 4) is 16.9 Å². The highest BCUT2D eigenvalue weighted by Crippen LogP contribution is 2.36. The fourth-order valence-electron chi connectivity index (χ4n) is 4.37. The van der Waals surface area contributed by atoms with E-state index in [1.807, 2.05) is 36.4 Å². The van der Waals surface area contributed by atoms with Gasteiger partial charge in [0.05, 0.1) is 24.2 Å². The van der Waals surface area contributed by atoms with Crippen LogP contribution >= 0.6 is 11.6 Å². The van der Waals surface area contributed by atoms with Gasteiger partial charge in [0.25, 0.3) is 5.91 Å². The van der Waals surface area contributed by atoms with Crippen molar-refractivity contribution in [2.75, 3.05) is 16.8 Å². The number of carboxylic acid groups (broad SMARTS) is 1. The summed E-state index contributed by atoms with van der Waals surface area (Å²) in [5.41, 5.74) is 4.39. The largest absolute Gasteiger partial charge is 0.481 e. The van der Waals surface area contributed by atoms with Gasteiger partial charge < -0.3 is 20.1 Å². The number of benzene rings is 4. The van der Waals surface area contributed by atoms with Gasteiger partial charge in [-0.15, -0.1) is 0 Å². The number of ether oxygens (including phenoxy) is 1. The van der Waals surface area contributed by atoms with Gasteiger partial charge >= 0.3 is 5.97 Å². The zero-order valence-electron chi connectivity index (χ0n) is 20.2. The second-order valence-electron chi connectivity index (χ2n) is 8.82. The fraction of sp³-hybridized carbons (Fsp3) is 0.100. The Morgan fingerprint density at radius 2 is 1.68 bits per heavy atom. The lowest BCUT2D eigenvalue weighted by atomic mass is 9.98. The first-order valence-electron chi connectivity index (χ1n) is 11.9. The van der Waals surface area contributed by atoms with Crippen LogP contribution in [0, 0.1) is 0 Å². The molecule has 0 unspecified atom stereocenters. The number of fused-ring (bicyclic) bond motifs is 1. The van der Waals surface area contributed by atoms with Crippen LogP contribution in [-0.2, 0) is 22.6 Å². The predicted molar refractivity (Wildman–Crippen MR) is 146 cm³/mol. The Morgan fingerprint density at radius 3 is 2.45 bits per heavy atom. The average molecular weight is 527 g/mol. The summed E-state index contributed by atoms with van der Waals surface area (Å²) in [5.74, 6) is -0.897. The number of carbonyl (C=O) groups excluding carboxylic acids is 2. The third-order valence-electron chi connectivity index (χ3n) is 6.26. The number of anilines is 2. The van der Waals surface area contributed by atoms with Crippen LogP contribution < -0.4 is 15.0 Å². The van der Waals surface area contributed by atoms with Gasteiger partial charge in [-0.25, -0.2) is 4.79 Å². The number of aromatic carboxylic acids is 1. The molecule has 2 amide bonds. The number of nitrogens with one attached hydrogen (secondary N) is 1. The summed E-state index contributed by atoms with van der Waals surface area (Å²) in [6.45, 7) is 0.197. The SMILES string of the molecule is O=C(Cc1ccccc1Cl)Nc1ccc2c(c1)OCC(=O)N2Cc1ccc(-c2ccccc2C(=O)O)cc1. The Morgan fingerprint density at radius 1 is 0.947 bits per heavy atom. The summed E-state index contributed by atoms with van der Waals surface area (Å²) < 4.78 is 5.66. The predicted octanol–water partition coefficient (Wildman–Crippen LogP) is 5.81. The lowest BCUT2D eigenvalue weighted by Gasteiger charge is -2.30. The molecular weight excluding hydrogens is 504 g/mol. The van der Waals surface area contributed by atoms with Crippen LogP contribution in [0.2, 0.25) is 5.02 Å². The van der Waals surface area contributed by atoms with Crippen LogP contribution in [0.5, 0.6) is 5.75 Å². The molecule has 38 heavy (non-hydrogen) atoms. The summed E-state index contributed by atoms with van der Waals surface area (Å²) in [6.07, 6.45) is 0.134. The Labute approximate surface area is 224 Å². The lowest BCUT2D eigenvalue weighted by Crippen LogP contribution is -2.38. The van der Waals surface area contributed by atoms with E-state index in [2.05, 4.69) is 5.32 Å². The normalized spacial score (nSPS) is 12.4. The first kappa shape index (κ1) is 25.0. The molecule has 1 aliphatic rings. The number of rotatable bonds is 7. The number of carbonyl (C=O) groups is 3. The summed E-state index contributed by atoms with van der Waals surface area (Å²) in [5, 5.41) is 12.9. The van der Waals surface area contributed by atoms with Crippen molar-refractivity contribution in [2.45, 2.75) is 13.0 Å². The summed E-state index contributed by atoms with van der Waals surface area (Å²) in [4.78, 5) is 38.5. The number of nitrogens with zero attached hydrogens (tertiary/aromatic N) is 1. The van der Waals surface area contributed by atoms with Crippen LogP contribution in [-0.4, -0.2) is 29.5 Å². The Bertz CT molecular complexity index is 1530. The molecule has 0 fully saturated rings. The van der Waals surface area contributed by atoms with Crippen LogP contribution in [0.1, 0.15) is 21.5 Å². The molecule has 0 aromatic heterocycles. The lowest BCUT2D eigenvalue weighted by molar-refractivity contribution is -0.121. The molecular formula is C30H23ClN2O5. The minimum atomic E-state index is -0.986.